The summed E-state index contributed by atoms with van der Waals surface area (Å²) in [5, 5.41) is 6.14. The largest absolute Gasteiger partial charge is 0.385 e. The molecule has 0 atom stereocenters. The standard InChI is InChI=1S/C11H22N2O2/c1-15-8-4-7-12-11(14)9-13-10-5-2-3-6-10/h10,13H,2-9H2,1H3,(H,12,14). The van der Waals surface area contributed by atoms with Gasteiger partial charge in [-0.05, 0) is 19.3 Å². The third kappa shape index (κ3) is 5.74. The van der Waals surface area contributed by atoms with Crippen molar-refractivity contribution in [2.45, 2.75) is 38.1 Å². The normalized spacial score (nSPS) is 16.9. The van der Waals surface area contributed by atoms with E-state index >= 15 is 0 Å². The Morgan fingerprint density at radius 2 is 2.13 bits per heavy atom. The Hall–Kier alpha value is -0.610. The van der Waals surface area contributed by atoms with Gasteiger partial charge in [-0.3, -0.25) is 4.79 Å². The van der Waals surface area contributed by atoms with E-state index in [1.54, 1.807) is 7.11 Å². The number of ether oxygens (including phenoxy) is 1. The van der Waals surface area contributed by atoms with Gasteiger partial charge in [0.05, 0.1) is 6.54 Å². The summed E-state index contributed by atoms with van der Waals surface area (Å²) < 4.78 is 4.90. The smallest absolute Gasteiger partial charge is 0.233 e. The molecule has 1 aliphatic rings. The molecule has 88 valence electrons. The highest BCUT2D eigenvalue weighted by Crippen LogP contribution is 2.17. The minimum Gasteiger partial charge on any atom is -0.385 e. The lowest BCUT2D eigenvalue weighted by molar-refractivity contribution is -0.120. The van der Waals surface area contributed by atoms with Crippen LogP contribution < -0.4 is 10.6 Å². The van der Waals surface area contributed by atoms with Crippen molar-refractivity contribution < 1.29 is 9.53 Å². The molecule has 15 heavy (non-hydrogen) atoms. The molecule has 2 N–H and O–H groups in total. The SMILES string of the molecule is COCCCNC(=O)CNC1CCCC1. The second-order valence-electron chi connectivity index (χ2n) is 4.06. The number of nitrogens with one attached hydrogen (secondary N) is 2. The van der Waals surface area contributed by atoms with Crippen LogP contribution in [-0.2, 0) is 9.53 Å². The predicted molar refractivity (Wildman–Crippen MR) is 59.8 cm³/mol. The maximum Gasteiger partial charge on any atom is 0.233 e. The van der Waals surface area contributed by atoms with Gasteiger partial charge in [-0.1, -0.05) is 12.8 Å². The molecule has 1 amide bonds. The van der Waals surface area contributed by atoms with E-state index in [-0.39, 0.29) is 5.91 Å². The molecule has 1 rings (SSSR count). The molecule has 0 aromatic heterocycles. The second-order valence-corrected chi connectivity index (χ2v) is 4.06. The minimum absolute atomic E-state index is 0.0954. The zero-order valence-electron chi connectivity index (χ0n) is 9.55. The van der Waals surface area contributed by atoms with Crippen molar-refractivity contribution in [3.8, 4) is 0 Å². The molecule has 4 heteroatoms. The van der Waals surface area contributed by atoms with Crippen LogP contribution in [0.2, 0.25) is 0 Å². The number of amides is 1. The van der Waals surface area contributed by atoms with Crippen LogP contribution in [0.1, 0.15) is 32.1 Å². The van der Waals surface area contributed by atoms with Gasteiger partial charge in [-0.25, -0.2) is 0 Å². The lowest BCUT2D eigenvalue weighted by Gasteiger charge is -2.11. The Labute approximate surface area is 91.8 Å². The average molecular weight is 214 g/mol. The topological polar surface area (TPSA) is 50.4 Å². The lowest BCUT2D eigenvalue weighted by Crippen LogP contribution is -2.38. The van der Waals surface area contributed by atoms with E-state index in [4.69, 9.17) is 4.74 Å². The maximum atomic E-state index is 11.3. The molecule has 4 nitrogen and oxygen atoms in total. The second kappa shape index (κ2) is 7.65. The van der Waals surface area contributed by atoms with Gasteiger partial charge in [0.25, 0.3) is 0 Å². The summed E-state index contributed by atoms with van der Waals surface area (Å²) >= 11 is 0. The van der Waals surface area contributed by atoms with Gasteiger partial charge in [0, 0.05) is 26.3 Å². The van der Waals surface area contributed by atoms with Crippen molar-refractivity contribution in [2.75, 3.05) is 26.8 Å². The Balaban J connectivity index is 1.93. The van der Waals surface area contributed by atoms with E-state index in [1.165, 1.54) is 25.7 Å². The van der Waals surface area contributed by atoms with Crippen LogP contribution in [0.3, 0.4) is 0 Å². The van der Waals surface area contributed by atoms with Gasteiger partial charge in [-0.2, -0.15) is 0 Å². The Morgan fingerprint density at radius 3 is 2.80 bits per heavy atom. The quantitative estimate of drug-likeness (QED) is 0.612. The first kappa shape index (κ1) is 12.5. The monoisotopic (exact) mass is 214 g/mol. The van der Waals surface area contributed by atoms with Gasteiger partial charge in [0.1, 0.15) is 0 Å². The Morgan fingerprint density at radius 1 is 1.40 bits per heavy atom. The van der Waals surface area contributed by atoms with Crippen molar-refractivity contribution in [2.24, 2.45) is 0 Å². The first-order valence-electron chi connectivity index (χ1n) is 5.82. The maximum absolute atomic E-state index is 11.3. The number of methoxy groups -OCH3 is 1. The molecular weight excluding hydrogens is 192 g/mol. The summed E-state index contributed by atoms with van der Waals surface area (Å²) in [6.45, 7) is 1.87. The first-order valence-corrected chi connectivity index (χ1v) is 5.82. The van der Waals surface area contributed by atoms with Gasteiger partial charge in [0.2, 0.25) is 5.91 Å². The number of hydrogen-bond acceptors (Lipinski definition) is 3. The third-order valence-corrected chi connectivity index (χ3v) is 2.75. The van der Waals surface area contributed by atoms with Crippen LogP contribution in [0.25, 0.3) is 0 Å². The molecule has 0 aromatic rings. The van der Waals surface area contributed by atoms with E-state index in [9.17, 15) is 4.79 Å². The molecule has 0 heterocycles. The van der Waals surface area contributed by atoms with E-state index < -0.39 is 0 Å². The van der Waals surface area contributed by atoms with Crippen molar-refractivity contribution in [1.29, 1.82) is 0 Å². The summed E-state index contributed by atoms with van der Waals surface area (Å²) in [6.07, 6.45) is 5.92. The highest BCUT2D eigenvalue weighted by molar-refractivity contribution is 5.77. The van der Waals surface area contributed by atoms with Crippen LogP contribution >= 0.6 is 0 Å². The number of rotatable bonds is 7. The molecule has 1 fully saturated rings. The fraction of sp³-hybridized carbons (Fsp3) is 0.909. The molecule has 1 saturated carbocycles. The number of carbonyl (C=O) groups is 1. The number of hydrogen-bond donors (Lipinski definition) is 2. The molecule has 0 unspecified atom stereocenters. The Kier molecular flexibility index (Phi) is 6.36. The molecule has 0 spiro atoms. The van der Waals surface area contributed by atoms with E-state index in [0.717, 1.165) is 6.42 Å². The molecule has 0 bridgehead atoms. The lowest BCUT2D eigenvalue weighted by atomic mass is 10.2. The average Bonchev–Trinajstić information content (AvgIpc) is 2.74. The highest BCUT2D eigenvalue weighted by Gasteiger charge is 2.14. The summed E-state index contributed by atoms with van der Waals surface area (Å²) in [7, 11) is 1.67. The summed E-state index contributed by atoms with van der Waals surface area (Å²) in [5.41, 5.74) is 0. The number of carbonyl (C=O) groups excluding carboxylic acids is 1. The van der Waals surface area contributed by atoms with Gasteiger partial charge < -0.3 is 15.4 Å². The highest BCUT2D eigenvalue weighted by atomic mass is 16.5. The van der Waals surface area contributed by atoms with Gasteiger partial charge in [0.15, 0.2) is 0 Å². The molecule has 1 aliphatic carbocycles. The Bertz CT molecular complexity index is 179. The van der Waals surface area contributed by atoms with E-state index in [0.29, 0.717) is 25.7 Å². The summed E-state index contributed by atoms with van der Waals surface area (Å²) in [5.74, 6) is 0.0954. The van der Waals surface area contributed by atoms with E-state index in [1.807, 2.05) is 0 Å². The van der Waals surface area contributed by atoms with Crippen LogP contribution in [0.4, 0.5) is 0 Å². The molecule has 0 aromatic carbocycles. The minimum atomic E-state index is 0.0954. The van der Waals surface area contributed by atoms with E-state index in [2.05, 4.69) is 10.6 Å². The summed E-state index contributed by atoms with van der Waals surface area (Å²) in [6, 6.07) is 0.565. The van der Waals surface area contributed by atoms with Crippen molar-refractivity contribution in [3.63, 3.8) is 0 Å². The van der Waals surface area contributed by atoms with Gasteiger partial charge >= 0.3 is 0 Å². The zero-order valence-corrected chi connectivity index (χ0v) is 9.55. The predicted octanol–water partition coefficient (Wildman–Crippen LogP) is 0.671. The van der Waals surface area contributed by atoms with Crippen LogP contribution in [0.5, 0.6) is 0 Å². The van der Waals surface area contributed by atoms with Gasteiger partial charge in [-0.15, -0.1) is 0 Å². The molecular formula is C11H22N2O2. The molecule has 0 radical (unpaired) electrons. The van der Waals surface area contributed by atoms with Crippen LogP contribution in [0.15, 0.2) is 0 Å². The molecule has 0 saturated heterocycles. The third-order valence-electron chi connectivity index (χ3n) is 2.75. The fourth-order valence-electron chi connectivity index (χ4n) is 1.87. The van der Waals surface area contributed by atoms with Crippen LogP contribution in [0, 0.1) is 0 Å². The molecule has 0 aliphatic heterocycles. The van der Waals surface area contributed by atoms with Crippen molar-refractivity contribution in [1.82, 2.24) is 10.6 Å². The summed E-state index contributed by atoms with van der Waals surface area (Å²) in [4.78, 5) is 11.3. The fourth-order valence-corrected chi connectivity index (χ4v) is 1.87. The zero-order chi connectivity index (χ0) is 10.9. The van der Waals surface area contributed by atoms with Crippen LogP contribution in [-0.4, -0.2) is 38.8 Å². The van der Waals surface area contributed by atoms with Crippen molar-refractivity contribution in [3.05, 3.63) is 0 Å². The van der Waals surface area contributed by atoms with Crippen molar-refractivity contribution >= 4 is 5.91 Å². The first-order chi connectivity index (χ1) is 7.33.